The number of H-pyrrole nitrogens is 1. The van der Waals surface area contributed by atoms with Gasteiger partial charge in [0.15, 0.2) is 5.82 Å². The molecule has 25 heavy (non-hydrogen) atoms. The summed E-state index contributed by atoms with van der Waals surface area (Å²) in [7, 11) is -3.48. The summed E-state index contributed by atoms with van der Waals surface area (Å²) >= 11 is 7.23. The van der Waals surface area contributed by atoms with Gasteiger partial charge in [-0.2, -0.15) is 0 Å². The summed E-state index contributed by atoms with van der Waals surface area (Å²) in [5.41, 5.74) is 0.883. The number of rotatable bonds is 7. The highest BCUT2D eigenvalue weighted by molar-refractivity contribution is 7.99. The number of nitrogens with one attached hydrogen (secondary N) is 2. The summed E-state index contributed by atoms with van der Waals surface area (Å²) < 4.78 is 26.7. The standard InChI is InChI=1S/C16H15ClN4O2S2/c17-13-8-6-12(7-9-13)15-19-16(21-20-15)24-11-10-18-25(22,23)14-4-2-1-3-5-14/h1-9,18H,10-11H2,(H,19,20,21). The number of thioether (sulfide) groups is 1. The average molecular weight is 395 g/mol. The first-order valence-electron chi connectivity index (χ1n) is 7.40. The van der Waals surface area contributed by atoms with Gasteiger partial charge in [0.1, 0.15) is 0 Å². The minimum Gasteiger partial charge on any atom is -0.258 e. The molecule has 0 amide bonds. The van der Waals surface area contributed by atoms with Crippen LogP contribution in [0.25, 0.3) is 11.4 Å². The summed E-state index contributed by atoms with van der Waals surface area (Å²) in [5.74, 6) is 1.16. The van der Waals surface area contributed by atoms with E-state index in [0.717, 1.165) is 5.56 Å². The Kier molecular flexibility index (Phi) is 5.74. The van der Waals surface area contributed by atoms with Crippen LogP contribution >= 0.6 is 23.4 Å². The fourth-order valence-electron chi connectivity index (χ4n) is 2.05. The highest BCUT2D eigenvalue weighted by Crippen LogP contribution is 2.20. The molecule has 3 aromatic rings. The fraction of sp³-hybridized carbons (Fsp3) is 0.125. The molecule has 9 heteroatoms. The number of benzene rings is 2. The maximum atomic E-state index is 12.1. The summed E-state index contributed by atoms with van der Waals surface area (Å²) in [6, 6.07) is 15.5. The van der Waals surface area contributed by atoms with E-state index in [0.29, 0.717) is 21.8 Å². The Morgan fingerprint density at radius 1 is 1.08 bits per heavy atom. The molecule has 0 bridgehead atoms. The van der Waals surface area contributed by atoms with Gasteiger partial charge in [0.25, 0.3) is 0 Å². The number of aromatic amines is 1. The van der Waals surface area contributed by atoms with Gasteiger partial charge in [0, 0.05) is 22.9 Å². The van der Waals surface area contributed by atoms with Gasteiger partial charge in [-0.05, 0) is 36.4 Å². The number of halogens is 1. The molecule has 0 fully saturated rings. The minimum atomic E-state index is -3.48. The van der Waals surface area contributed by atoms with Crippen molar-refractivity contribution >= 4 is 33.4 Å². The van der Waals surface area contributed by atoms with Gasteiger partial charge in [-0.15, -0.1) is 5.10 Å². The molecular weight excluding hydrogens is 380 g/mol. The van der Waals surface area contributed by atoms with E-state index in [1.807, 2.05) is 12.1 Å². The first-order valence-corrected chi connectivity index (χ1v) is 10.3. The predicted octanol–water partition coefficient (Wildman–Crippen LogP) is 3.20. The molecule has 0 atom stereocenters. The Labute approximate surface area is 155 Å². The number of sulfonamides is 1. The Morgan fingerprint density at radius 2 is 1.80 bits per heavy atom. The second-order valence-electron chi connectivity index (χ2n) is 5.03. The largest absolute Gasteiger partial charge is 0.258 e. The zero-order valence-corrected chi connectivity index (χ0v) is 15.4. The van der Waals surface area contributed by atoms with Crippen LogP contribution in [-0.4, -0.2) is 35.9 Å². The lowest BCUT2D eigenvalue weighted by Crippen LogP contribution is -2.25. The van der Waals surface area contributed by atoms with E-state index in [1.54, 1.807) is 42.5 Å². The summed E-state index contributed by atoms with van der Waals surface area (Å²) in [6.45, 7) is 0.284. The molecule has 6 nitrogen and oxygen atoms in total. The molecular formula is C16H15ClN4O2S2. The topological polar surface area (TPSA) is 87.7 Å². The molecule has 0 radical (unpaired) electrons. The third-order valence-electron chi connectivity index (χ3n) is 3.26. The third-order valence-corrected chi connectivity index (χ3v) is 5.84. The Bertz CT molecular complexity index is 928. The van der Waals surface area contributed by atoms with Gasteiger partial charge in [0.2, 0.25) is 15.2 Å². The van der Waals surface area contributed by atoms with Crippen LogP contribution in [0.15, 0.2) is 64.6 Å². The molecule has 0 unspecified atom stereocenters. The van der Waals surface area contributed by atoms with Crippen LogP contribution in [0.3, 0.4) is 0 Å². The van der Waals surface area contributed by atoms with Gasteiger partial charge in [0.05, 0.1) is 4.90 Å². The Balaban J connectivity index is 1.52. The second-order valence-corrected chi connectivity index (χ2v) is 8.30. The quantitative estimate of drug-likeness (QED) is 0.474. The highest BCUT2D eigenvalue weighted by atomic mass is 35.5. The predicted molar refractivity (Wildman–Crippen MR) is 99.2 cm³/mol. The van der Waals surface area contributed by atoms with E-state index in [4.69, 9.17) is 11.6 Å². The third kappa shape index (κ3) is 4.82. The van der Waals surface area contributed by atoms with Gasteiger partial charge in [-0.25, -0.2) is 18.1 Å². The monoisotopic (exact) mass is 394 g/mol. The van der Waals surface area contributed by atoms with Gasteiger partial charge in [-0.3, -0.25) is 5.10 Å². The lowest BCUT2D eigenvalue weighted by Gasteiger charge is -2.05. The van der Waals surface area contributed by atoms with Gasteiger partial charge in [-0.1, -0.05) is 41.6 Å². The maximum absolute atomic E-state index is 12.1. The van der Waals surface area contributed by atoms with Crippen LogP contribution in [0.5, 0.6) is 0 Å². The van der Waals surface area contributed by atoms with Crippen LogP contribution in [-0.2, 0) is 10.0 Å². The molecule has 2 aromatic carbocycles. The van der Waals surface area contributed by atoms with Crippen molar-refractivity contribution in [3.63, 3.8) is 0 Å². The zero-order chi connectivity index (χ0) is 17.7. The van der Waals surface area contributed by atoms with Crippen molar-refractivity contribution in [2.45, 2.75) is 10.1 Å². The lowest BCUT2D eigenvalue weighted by atomic mass is 10.2. The van der Waals surface area contributed by atoms with Gasteiger partial charge < -0.3 is 0 Å². The van der Waals surface area contributed by atoms with E-state index in [2.05, 4.69) is 19.9 Å². The van der Waals surface area contributed by atoms with E-state index >= 15 is 0 Å². The molecule has 0 spiro atoms. The SMILES string of the molecule is O=S(=O)(NCCSc1n[nH]c(-c2ccc(Cl)cc2)n1)c1ccccc1. The normalized spacial score (nSPS) is 11.6. The van der Waals surface area contributed by atoms with E-state index < -0.39 is 10.0 Å². The molecule has 0 aliphatic carbocycles. The summed E-state index contributed by atoms with van der Waals surface area (Å²) in [5, 5.41) is 8.20. The number of hydrogen-bond acceptors (Lipinski definition) is 5. The molecule has 0 saturated carbocycles. The Hall–Kier alpha value is -1.87. The minimum absolute atomic E-state index is 0.253. The molecule has 130 valence electrons. The van der Waals surface area contributed by atoms with Gasteiger partial charge >= 0.3 is 0 Å². The van der Waals surface area contributed by atoms with E-state index in [-0.39, 0.29) is 11.4 Å². The molecule has 2 N–H and O–H groups in total. The van der Waals surface area contributed by atoms with Crippen molar-refractivity contribution in [3.05, 3.63) is 59.6 Å². The first-order chi connectivity index (χ1) is 12.0. The van der Waals surface area contributed by atoms with Crippen molar-refractivity contribution in [1.29, 1.82) is 0 Å². The molecule has 1 aromatic heterocycles. The van der Waals surface area contributed by atoms with Crippen molar-refractivity contribution in [2.24, 2.45) is 0 Å². The fourth-order valence-corrected chi connectivity index (χ4v) is 4.01. The van der Waals surface area contributed by atoms with Crippen LogP contribution in [0.2, 0.25) is 5.02 Å². The Morgan fingerprint density at radius 3 is 2.52 bits per heavy atom. The summed E-state index contributed by atoms with van der Waals surface area (Å²) in [4.78, 5) is 4.63. The van der Waals surface area contributed by atoms with Crippen molar-refractivity contribution in [3.8, 4) is 11.4 Å². The van der Waals surface area contributed by atoms with Crippen molar-refractivity contribution in [1.82, 2.24) is 19.9 Å². The molecule has 1 heterocycles. The van der Waals surface area contributed by atoms with Crippen molar-refractivity contribution < 1.29 is 8.42 Å². The number of hydrogen-bond donors (Lipinski definition) is 2. The first kappa shape index (κ1) is 17.9. The molecule has 0 aliphatic heterocycles. The smallest absolute Gasteiger partial charge is 0.240 e. The average Bonchev–Trinajstić information content (AvgIpc) is 3.09. The number of nitrogens with zero attached hydrogens (tertiary/aromatic N) is 2. The van der Waals surface area contributed by atoms with E-state index in [1.165, 1.54) is 11.8 Å². The maximum Gasteiger partial charge on any atom is 0.240 e. The molecule has 0 saturated heterocycles. The van der Waals surface area contributed by atoms with Crippen LogP contribution < -0.4 is 4.72 Å². The lowest BCUT2D eigenvalue weighted by molar-refractivity contribution is 0.584. The van der Waals surface area contributed by atoms with Crippen LogP contribution in [0.1, 0.15) is 0 Å². The molecule has 0 aliphatic rings. The number of aromatic nitrogens is 3. The van der Waals surface area contributed by atoms with Crippen molar-refractivity contribution in [2.75, 3.05) is 12.3 Å². The molecule has 3 rings (SSSR count). The van der Waals surface area contributed by atoms with Crippen LogP contribution in [0, 0.1) is 0 Å². The highest BCUT2D eigenvalue weighted by Gasteiger charge is 2.12. The summed E-state index contributed by atoms with van der Waals surface area (Å²) in [6.07, 6.45) is 0. The second kappa shape index (κ2) is 8.01. The zero-order valence-electron chi connectivity index (χ0n) is 13.0. The van der Waals surface area contributed by atoms with Crippen LogP contribution in [0.4, 0.5) is 0 Å². The van der Waals surface area contributed by atoms with E-state index in [9.17, 15) is 8.42 Å².